The van der Waals surface area contributed by atoms with E-state index in [4.69, 9.17) is 24.7 Å². The molecule has 50 heavy (non-hydrogen) atoms. The van der Waals surface area contributed by atoms with Crippen molar-refractivity contribution in [3.05, 3.63) is 194 Å². The van der Waals surface area contributed by atoms with Crippen molar-refractivity contribution in [1.82, 2.24) is 9.13 Å². The summed E-state index contributed by atoms with van der Waals surface area (Å²) in [6, 6.07) is -4.33. The smallest absolute Gasteiger partial charge is 0.0645 e. The molecule has 234 valence electrons. The molecule has 0 atom stereocenters. The molecule has 0 spiro atoms. The molecule has 2 aromatic heterocycles. The molecule has 0 saturated carbocycles. The van der Waals surface area contributed by atoms with Gasteiger partial charge in [-0.1, -0.05) is 133 Å². The third kappa shape index (κ3) is 4.57. The highest BCUT2D eigenvalue weighted by Crippen LogP contribution is 2.39. The van der Waals surface area contributed by atoms with Crippen LogP contribution < -0.4 is 0 Å². The van der Waals surface area contributed by atoms with Crippen LogP contribution in [0, 0.1) is 0 Å². The third-order valence-corrected chi connectivity index (χ3v) is 8.37. The van der Waals surface area contributed by atoms with Crippen LogP contribution >= 0.6 is 0 Å². The largest absolute Gasteiger partial charge is 0.309 e. The molecule has 2 heterocycles. The van der Waals surface area contributed by atoms with Gasteiger partial charge in [-0.05, 0) is 93.9 Å². The van der Waals surface area contributed by atoms with Gasteiger partial charge >= 0.3 is 0 Å². The Bertz CT molecular complexity index is 4170. The third-order valence-electron chi connectivity index (χ3n) is 8.37. The van der Waals surface area contributed by atoms with Crippen LogP contribution in [0.4, 0.5) is 0 Å². The molecule has 10 rings (SSSR count). The van der Waals surface area contributed by atoms with Gasteiger partial charge in [0.05, 0.1) is 55.0 Å². The predicted molar refractivity (Wildman–Crippen MR) is 211 cm³/mol. The second kappa shape index (κ2) is 11.5. The van der Waals surface area contributed by atoms with Gasteiger partial charge in [0.15, 0.2) is 0 Å². The monoisotopic (exact) mass is 660 g/mol. The molecule has 0 bridgehead atoms. The van der Waals surface area contributed by atoms with E-state index in [1.54, 1.807) is 0 Å². The van der Waals surface area contributed by atoms with Crippen LogP contribution in [0.3, 0.4) is 0 Å². The molecule has 0 amide bonds. The van der Waals surface area contributed by atoms with Crippen LogP contribution in [0.2, 0.25) is 0 Å². The summed E-state index contributed by atoms with van der Waals surface area (Å²) in [5, 5.41) is -1.28. The summed E-state index contributed by atoms with van der Waals surface area (Å²) in [7, 11) is 0. The van der Waals surface area contributed by atoms with Gasteiger partial charge in [-0.15, -0.1) is 0 Å². The van der Waals surface area contributed by atoms with Crippen molar-refractivity contribution >= 4 is 43.6 Å². The summed E-state index contributed by atoms with van der Waals surface area (Å²) in [6.07, 6.45) is 0. The maximum atomic E-state index is 9.84. The van der Waals surface area contributed by atoms with Crippen LogP contribution in [0.5, 0.6) is 0 Å². The van der Waals surface area contributed by atoms with Crippen molar-refractivity contribution in [2.45, 2.75) is 0 Å². The van der Waals surface area contributed by atoms with E-state index in [1.807, 2.05) is 0 Å². The molecular formula is C48H32N2. The van der Waals surface area contributed by atoms with Crippen molar-refractivity contribution in [2.75, 3.05) is 0 Å². The lowest BCUT2D eigenvalue weighted by molar-refractivity contribution is 1.18. The Labute approximate surface area is 324 Å². The SMILES string of the molecule is [2H]c1c([2H])c([2H])c(-c2ccc(-n3c4c([2H])c([2H])c([2H])c([2H])c4c4c([2H])c(-c5c([2H])c([2H])c6c(c5[2H])c5c([2H])c([2H])c([2H])c([2H])c5n6-c5cccc(-c6c([2H])c([2H])c([2H])c([2H])c6[2H])c5)c([2H])c([2H])c43)cc2)c([2H])c1[2H]. The number of nitrogens with zero attached hydrogens (tertiary/aromatic N) is 2. The molecule has 10 aromatic rings. The highest BCUT2D eigenvalue weighted by molar-refractivity contribution is 6.12. The molecule has 0 aliphatic heterocycles. The molecular weight excluding hydrogens is 605 g/mol. The lowest BCUT2D eigenvalue weighted by atomic mass is 10.0. The molecule has 8 aromatic carbocycles. The summed E-state index contributed by atoms with van der Waals surface area (Å²) in [5.41, 5.74) is -2.30. The van der Waals surface area contributed by atoms with Crippen LogP contribution in [0.25, 0.3) is 88.4 Å². The molecule has 0 unspecified atom stereocenters. The van der Waals surface area contributed by atoms with Crippen LogP contribution in [0.15, 0.2) is 194 Å². The molecule has 0 fully saturated rings. The first-order chi connectivity index (χ1) is 34.8. The van der Waals surface area contributed by atoms with E-state index < -0.39 is 156 Å². The Morgan fingerprint density at radius 3 is 1.38 bits per heavy atom. The van der Waals surface area contributed by atoms with Gasteiger partial charge in [0, 0.05) is 32.9 Å². The summed E-state index contributed by atoms with van der Waals surface area (Å²) in [4.78, 5) is 0. The van der Waals surface area contributed by atoms with E-state index in [0.717, 1.165) is 0 Å². The van der Waals surface area contributed by atoms with E-state index in [-0.39, 0.29) is 77.2 Å². The number of para-hydroxylation sites is 2. The lowest BCUT2D eigenvalue weighted by Gasteiger charge is -2.11. The number of aromatic nitrogens is 2. The van der Waals surface area contributed by atoms with Gasteiger partial charge in [-0.2, -0.15) is 0 Å². The van der Waals surface area contributed by atoms with Crippen LogP contribution in [-0.4, -0.2) is 9.13 Å². The minimum atomic E-state index is -0.807. The maximum absolute atomic E-state index is 9.84. The number of rotatable bonds is 5. The average Bonchev–Trinajstić information content (AvgIpc) is 3.94. The van der Waals surface area contributed by atoms with Crippen molar-refractivity contribution in [1.29, 1.82) is 0 Å². The van der Waals surface area contributed by atoms with Crippen molar-refractivity contribution in [3.8, 4) is 44.8 Å². The first-order valence-corrected chi connectivity index (χ1v) is 15.2. The molecule has 0 aliphatic rings. The zero-order valence-corrected chi connectivity index (χ0v) is 25.5. The zero-order valence-electron chi connectivity index (χ0n) is 49.5. The number of benzene rings is 8. The fourth-order valence-corrected chi connectivity index (χ4v) is 6.16. The first kappa shape index (κ1) is 13.3. The summed E-state index contributed by atoms with van der Waals surface area (Å²) >= 11 is 0. The predicted octanol–water partition coefficient (Wildman–Crippen LogP) is 12.9. The van der Waals surface area contributed by atoms with Gasteiger partial charge in [0.25, 0.3) is 0 Å². The quantitative estimate of drug-likeness (QED) is 0.174. The zero-order chi connectivity index (χ0) is 53.9. The second-order valence-corrected chi connectivity index (χ2v) is 11.2. The van der Waals surface area contributed by atoms with Gasteiger partial charge in [0.1, 0.15) is 0 Å². The van der Waals surface area contributed by atoms with E-state index in [1.165, 1.54) is 57.7 Å². The molecule has 2 nitrogen and oxygen atoms in total. The standard InChI is InChI=1S/C48H32N2/c1-3-12-33(13-4-1)35-22-26-39(27-23-35)49-45-20-9-7-18-41(45)43-31-37(24-28-47(43)49)38-25-29-48-44(32-38)42-19-8-10-21-46(42)50(48)40-17-11-16-36(30-40)34-14-5-2-6-15-34/h1-32H/i1D,2D,3D,4D,5D,6D,7D,8D,9D,10D,12D,13D,14D,15D,18D,19D,20D,21D,24D,25D,28D,29D,31D,32D. The van der Waals surface area contributed by atoms with Gasteiger partial charge in [-0.25, -0.2) is 0 Å². The van der Waals surface area contributed by atoms with Gasteiger partial charge in [0.2, 0.25) is 0 Å². The van der Waals surface area contributed by atoms with Crippen molar-refractivity contribution < 1.29 is 32.9 Å². The van der Waals surface area contributed by atoms with Crippen LogP contribution in [-0.2, 0) is 0 Å². The second-order valence-electron chi connectivity index (χ2n) is 11.2. The van der Waals surface area contributed by atoms with E-state index >= 15 is 0 Å². The Hall–Kier alpha value is -6.64. The fourth-order valence-electron chi connectivity index (χ4n) is 6.16. The molecule has 0 radical (unpaired) electrons. The minimum Gasteiger partial charge on any atom is -0.309 e. The molecule has 0 saturated heterocycles. The number of fused-ring (bicyclic) bond motifs is 6. The minimum absolute atomic E-state index is 0.0277. The summed E-state index contributed by atoms with van der Waals surface area (Å²) in [5.74, 6) is 0. The number of hydrogen-bond acceptors (Lipinski definition) is 0. The summed E-state index contributed by atoms with van der Waals surface area (Å²) < 4.78 is 215. The van der Waals surface area contributed by atoms with E-state index in [9.17, 15) is 8.22 Å². The number of hydrogen-bond donors (Lipinski definition) is 0. The van der Waals surface area contributed by atoms with Gasteiger partial charge < -0.3 is 9.13 Å². The Kier molecular flexibility index (Phi) is 3.07. The maximum Gasteiger partial charge on any atom is 0.0645 e. The molecule has 2 heteroatoms. The van der Waals surface area contributed by atoms with Gasteiger partial charge in [-0.3, -0.25) is 0 Å². The fraction of sp³-hybridized carbons (Fsp3) is 0. The van der Waals surface area contributed by atoms with Crippen molar-refractivity contribution in [2.24, 2.45) is 0 Å². The molecule has 0 aliphatic carbocycles. The summed E-state index contributed by atoms with van der Waals surface area (Å²) in [6.45, 7) is 0. The van der Waals surface area contributed by atoms with E-state index in [2.05, 4.69) is 0 Å². The normalized spacial score (nSPS) is 18.3. The Morgan fingerprint density at radius 1 is 0.320 bits per heavy atom. The van der Waals surface area contributed by atoms with Crippen LogP contribution in [0.1, 0.15) is 32.9 Å². The lowest BCUT2D eigenvalue weighted by Crippen LogP contribution is -1.94. The van der Waals surface area contributed by atoms with Crippen molar-refractivity contribution in [3.63, 3.8) is 0 Å². The first-order valence-electron chi connectivity index (χ1n) is 27.2. The van der Waals surface area contributed by atoms with E-state index in [0.29, 0.717) is 0 Å². The highest BCUT2D eigenvalue weighted by Gasteiger charge is 2.16. The Morgan fingerprint density at radius 2 is 0.800 bits per heavy atom. The average molecular weight is 661 g/mol. The molecule has 0 N–H and O–H groups in total. The topological polar surface area (TPSA) is 9.86 Å². The Balaban J connectivity index is 1.30. The highest BCUT2D eigenvalue weighted by atomic mass is 15.0.